The van der Waals surface area contributed by atoms with Gasteiger partial charge >= 0.3 is 0 Å². The maximum atomic E-state index is 12.5. The van der Waals surface area contributed by atoms with E-state index in [0.717, 1.165) is 0 Å². The van der Waals surface area contributed by atoms with Crippen molar-refractivity contribution in [2.24, 2.45) is 0 Å². The summed E-state index contributed by atoms with van der Waals surface area (Å²) in [5.74, 6) is 0. The molecule has 0 radical (unpaired) electrons. The number of nitrogens with two attached hydrogens (primary N) is 3. The smallest absolute Gasteiger partial charge is 0.208 e. The van der Waals surface area contributed by atoms with Crippen LogP contribution in [0, 0.1) is 6.92 Å². The number of rotatable bonds is 2. The largest absolute Gasteiger partial charge is 0.399 e. The average molecular weight is 277 g/mol. The number of benzene rings is 2. The van der Waals surface area contributed by atoms with E-state index in [0.29, 0.717) is 16.9 Å². The second-order valence-electron chi connectivity index (χ2n) is 4.33. The van der Waals surface area contributed by atoms with E-state index in [1.54, 1.807) is 13.0 Å². The molecule has 0 saturated heterocycles. The van der Waals surface area contributed by atoms with Crippen LogP contribution in [-0.2, 0) is 9.84 Å². The van der Waals surface area contributed by atoms with E-state index in [1.807, 2.05) is 0 Å². The van der Waals surface area contributed by atoms with Crippen molar-refractivity contribution in [3.63, 3.8) is 0 Å². The van der Waals surface area contributed by atoms with Crippen molar-refractivity contribution in [1.29, 1.82) is 0 Å². The monoisotopic (exact) mass is 277 g/mol. The van der Waals surface area contributed by atoms with Gasteiger partial charge in [-0.25, -0.2) is 8.42 Å². The number of hydrogen-bond donors (Lipinski definition) is 3. The highest BCUT2D eigenvalue weighted by atomic mass is 32.2. The fourth-order valence-electron chi connectivity index (χ4n) is 1.96. The quantitative estimate of drug-likeness (QED) is 0.721. The van der Waals surface area contributed by atoms with Crippen LogP contribution in [0.5, 0.6) is 0 Å². The number of hydrogen-bond acceptors (Lipinski definition) is 5. The first-order chi connectivity index (χ1) is 8.82. The van der Waals surface area contributed by atoms with Crippen molar-refractivity contribution in [3.05, 3.63) is 42.0 Å². The third-order valence-corrected chi connectivity index (χ3v) is 4.77. The van der Waals surface area contributed by atoms with Crippen LogP contribution in [0.25, 0.3) is 0 Å². The lowest BCUT2D eigenvalue weighted by atomic mass is 10.2. The van der Waals surface area contributed by atoms with Crippen LogP contribution in [0.15, 0.2) is 46.2 Å². The Bertz CT molecular complexity index is 699. The zero-order valence-corrected chi connectivity index (χ0v) is 11.2. The van der Waals surface area contributed by atoms with Gasteiger partial charge in [-0.3, -0.25) is 0 Å². The van der Waals surface area contributed by atoms with Gasteiger partial charge in [0, 0.05) is 11.4 Å². The molecule has 0 unspecified atom stereocenters. The highest BCUT2D eigenvalue weighted by molar-refractivity contribution is 7.91. The Labute approximate surface area is 111 Å². The van der Waals surface area contributed by atoms with E-state index in [-0.39, 0.29) is 15.5 Å². The van der Waals surface area contributed by atoms with E-state index in [2.05, 4.69) is 0 Å². The molecule has 0 spiro atoms. The van der Waals surface area contributed by atoms with Crippen molar-refractivity contribution in [1.82, 2.24) is 0 Å². The molecule has 0 bridgehead atoms. The van der Waals surface area contributed by atoms with Gasteiger partial charge in [-0.2, -0.15) is 0 Å². The standard InChI is InChI=1S/C13H15N3O2S/c1-8-6-10(15)7-12(16)13(8)19(17,18)11-4-2-9(14)3-5-11/h2-7H,14-16H2,1H3. The summed E-state index contributed by atoms with van der Waals surface area (Å²) in [6, 6.07) is 9.02. The normalized spacial score (nSPS) is 11.4. The zero-order valence-electron chi connectivity index (χ0n) is 10.4. The maximum Gasteiger partial charge on any atom is 0.208 e. The molecule has 0 aliphatic rings. The molecular weight excluding hydrogens is 262 g/mol. The first-order valence-electron chi connectivity index (χ1n) is 5.58. The van der Waals surface area contributed by atoms with Gasteiger partial charge in [0.15, 0.2) is 0 Å². The SMILES string of the molecule is Cc1cc(N)cc(N)c1S(=O)(=O)c1ccc(N)cc1. The molecule has 0 aliphatic carbocycles. The number of aryl methyl sites for hydroxylation is 1. The van der Waals surface area contributed by atoms with Crippen LogP contribution in [0.4, 0.5) is 17.1 Å². The summed E-state index contributed by atoms with van der Waals surface area (Å²) < 4.78 is 25.1. The molecule has 0 aliphatic heterocycles. The fraction of sp³-hybridized carbons (Fsp3) is 0.0769. The van der Waals surface area contributed by atoms with Crippen LogP contribution >= 0.6 is 0 Å². The molecule has 2 aromatic rings. The molecule has 5 nitrogen and oxygen atoms in total. The van der Waals surface area contributed by atoms with Crippen molar-refractivity contribution >= 4 is 26.9 Å². The van der Waals surface area contributed by atoms with Gasteiger partial charge in [0.25, 0.3) is 0 Å². The number of anilines is 3. The Kier molecular flexibility index (Phi) is 3.11. The van der Waals surface area contributed by atoms with Gasteiger partial charge in [-0.15, -0.1) is 0 Å². The minimum absolute atomic E-state index is 0.0893. The van der Waals surface area contributed by atoms with Crippen LogP contribution < -0.4 is 17.2 Å². The predicted molar refractivity (Wildman–Crippen MR) is 76.3 cm³/mol. The van der Waals surface area contributed by atoms with Gasteiger partial charge in [-0.1, -0.05) is 0 Å². The van der Waals surface area contributed by atoms with Crippen LogP contribution in [0.3, 0.4) is 0 Å². The van der Waals surface area contributed by atoms with Gasteiger partial charge in [0.05, 0.1) is 15.5 Å². The second-order valence-corrected chi connectivity index (χ2v) is 6.22. The van der Waals surface area contributed by atoms with Gasteiger partial charge in [0.2, 0.25) is 9.84 Å². The highest BCUT2D eigenvalue weighted by Gasteiger charge is 2.23. The third-order valence-electron chi connectivity index (χ3n) is 2.78. The van der Waals surface area contributed by atoms with Crippen LogP contribution in [0.2, 0.25) is 0 Å². The molecule has 6 N–H and O–H groups in total. The minimum Gasteiger partial charge on any atom is -0.399 e. The van der Waals surface area contributed by atoms with E-state index in [9.17, 15) is 8.42 Å². The first kappa shape index (κ1) is 13.2. The van der Waals surface area contributed by atoms with Gasteiger partial charge < -0.3 is 17.2 Å². The predicted octanol–water partition coefficient (Wildman–Crippen LogP) is 1.57. The van der Waals surface area contributed by atoms with E-state index in [1.165, 1.54) is 30.3 Å². The second kappa shape index (κ2) is 4.47. The Balaban J connectivity index is 2.67. The summed E-state index contributed by atoms with van der Waals surface area (Å²) >= 11 is 0. The molecule has 19 heavy (non-hydrogen) atoms. The lowest BCUT2D eigenvalue weighted by molar-refractivity contribution is 0.596. The van der Waals surface area contributed by atoms with Gasteiger partial charge in [-0.05, 0) is 48.9 Å². The highest BCUT2D eigenvalue weighted by Crippen LogP contribution is 2.31. The topological polar surface area (TPSA) is 112 Å². The Hall–Kier alpha value is -2.21. The average Bonchev–Trinajstić information content (AvgIpc) is 2.27. The first-order valence-corrected chi connectivity index (χ1v) is 7.07. The molecule has 6 heteroatoms. The Morgan fingerprint density at radius 1 is 0.895 bits per heavy atom. The molecule has 0 atom stereocenters. The van der Waals surface area contributed by atoms with E-state index < -0.39 is 9.84 Å². The summed E-state index contributed by atoms with van der Waals surface area (Å²) in [7, 11) is -3.67. The molecule has 100 valence electrons. The van der Waals surface area contributed by atoms with Crippen LogP contribution in [0.1, 0.15) is 5.56 Å². The molecule has 0 aromatic heterocycles. The minimum atomic E-state index is -3.67. The molecule has 0 saturated carbocycles. The summed E-state index contributed by atoms with van der Waals surface area (Å²) in [5, 5.41) is 0. The lowest BCUT2D eigenvalue weighted by Crippen LogP contribution is -2.08. The molecule has 0 fully saturated rings. The van der Waals surface area contributed by atoms with Crippen molar-refractivity contribution in [2.75, 3.05) is 17.2 Å². The number of nitrogen functional groups attached to an aromatic ring is 3. The summed E-state index contributed by atoms with van der Waals surface area (Å²) in [6.07, 6.45) is 0. The summed E-state index contributed by atoms with van der Waals surface area (Å²) in [6.45, 7) is 1.66. The molecular formula is C13H15N3O2S. The number of sulfone groups is 1. The Morgan fingerprint density at radius 3 is 2.00 bits per heavy atom. The summed E-state index contributed by atoms with van der Waals surface area (Å²) in [5.41, 5.74) is 18.6. The molecule has 0 amide bonds. The third kappa shape index (κ3) is 2.34. The molecule has 2 rings (SSSR count). The van der Waals surface area contributed by atoms with Crippen molar-refractivity contribution in [2.45, 2.75) is 16.7 Å². The van der Waals surface area contributed by atoms with Crippen LogP contribution in [-0.4, -0.2) is 8.42 Å². The Morgan fingerprint density at radius 2 is 1.47 bits per heavy atom. The van der Waals surface area contributed by atoms with E-state index in [4.69, 9.17) is 17.2 Å². The van der Waals surface area contributed by atoms with Crippen molar-refractivity contribution < 1.29 is 8.42 Å². The molecule has 2 aromatic carbocycles. The van der Waals surface area contributed by atoms with Crippen molar-refractivity contribution in [3.8, 4) is 0 Å². The van der Waals surface area contributed by atoms with Gasteiger partial charge in [0.1, 0.15) is 0 Å². The van der Waals surface area contributed by atoms with E-state index >= 15 is 0 Å². The molecule has 0 heterocycles. The lowest BCUT2D eigenvalue weighted by Gasteiger charge is -2.12. The zero-order chi connectivity index (χ0) is 14.2. The summed E-state index contributed by atoms with van der Waals surface area (Å²) in [4.78, 5) is 0.243. The maximum absolute atomic E-state index is 12.5. The fourth-order valence-corrected chi connectivity index (χ4v) is 3.54.